The van der Waals surface area contributed by atoms with Gasteiger partial charge in [-0.15, -0.1) is 0 Å². The molecule has 1 unspecified atom stereocenters. The predicted molar refractivity (Wildman–Crippen MR) is 77.8 cm³/mol. The summed E-state index contributed by atoms with van der Waals surface area (Å²) in [6.07, 6.45) is 0.689. The quantitative estimate of drug-likeness (QED) is 0.843. The highest BCUT2D eigenvalue weighted by Gasteiger charge is 2.13. The van der Waals surface area contributed by atoms with Gasteiger partial charge in [-0.05, 0) is 36.2 Å². The van der Waals surface area contributed by atoms with E-state index in [2.05, 4.69) is 24.4 Å². The van der Waals surface area contributed by atoms with Crippen LogP contribution in [0.25, 0.3) is 0 Å². The summed E-state index contributed by atoms with van der Waals surface area (Å²) in [5, 5.41) is 3.33. The molecule has 1 atom stereocenters. The highest BCUT2D eigenvalue weighted by Crippen LogP contribution is 2.21. The van der Waals surface area contributed by atoms with Crippen molar-refractivity contribution in [2.75, 3.05) is 13.1 Å². The summed E-state index contributed by atoms with van der Waals surface area (Å²) >= 11 is 0. The molecule has 3 heteroatoms. The number of benzene rings is 2. The lowest BCUT2D eigenvalue weighted by atomic mass is 9.92. The third-order valence-electron chi connectivity index (χ3n) is 3.38. The molecule has 0 aliphatic carbocycles. The summed E-state index contributed by atoms with van der Waals surface area (Å²) in [7, 11) is 0. The van der Waals surface area contributed by atoms with Crippen LogP contribution in [0.1, 0.15) is 24.0 Å². The molecule has 0 saturated heterocycles. The van der Waals surface area contributed by atoms with Gasteiger partial charge in [0, 0.05) is 12.5 Å². The Labute approximate surface area is 118 Å². The van der Waals surface area contributed by atoms with Crippen molar-refractivity contribution in [1.29, 1.82) is 0 Å². The van der Waals surface area contributed by atoms with E-state index >= 15 is 0 Å². The van der Waals surface area contributed by atoms with Gasteiger partial charge >= 0.3 is 0 Å². The molecule has 0 bridgehead atoms. The second-order valence-electron chi connectivity index (χ2n) is 4.87. The highest BCUT2D eigenvalue weighted by molar-refractivity contribution is 5.25. The Morgan fingerprint density at radius 2 is 1.75 bits per heavy atom. The van der Waals surface area contributed by atoms with Gasteiger partial charge in [0.25, 0.3) is 0 Å². The Balaban J connectivity index is 2.17. The van der Waals surface area contributed by atoms with Crippen molar-refractivity contribution in [3.05, 3.63) is 71.3 Å². The number of halogens is 2. The van der Waals surface area contributed by atoms with E-state index in [1.807, 2.05) is 18.2 Å². The Bertz CT molecular complexity index is 540. The van der Waals surface area contributed by atoms with Gasteiger partial charge in [0.15, 0.2) is 11.6 Å². The van der Waals surface area contributed by atoms with Crippen LogP contribution < -0.4 is 5.32 Å². The molecule has 0 aliphatic rings. The van der Waals surface area contributed by atoms with E-state index in [0.29, 0.717) is 6.42 Å². The summed E-state index contributed by atoms with van der Waals surface area (Å²) < 4.78 is 26.3. The average Bonchev–Trinajstić information content (AvgIpc) is 2.48. The molecule has 1 nitrogen and oxygen atoms in total. The lowest BCUT2D eigenvalue weighted by Gasteiger charge is -2.18. The molecule has 2 rings (SSSR count). The third-order valence-corrected chi connectivity index (χ3v) is 3.38. The fraction of sp³-hybridized carbons (Fsp3) is 0.294. The number of hydrogen-bond acceptors (Lipinski definition) is 1. The molecule has 106 valence electrons. The van der Waals surface area contributed by atoms with Crippen molar-refractivity contribution in [1.82, 2.24) is 5.32 Å². The maximum Gasteiger partial charge on any atom is 0.159 e. The van der Waals surface area contributed by atoms with Gasteiger partial charge in [0.1, 0.15) is 0 Å². The summed E-state index contributed by atoms with van der Waals surface area (Å²) in [5.74, 6) is -1.32. The molecule has 1 N–H and O–H groups in total. The van der Waals surface area contributed by atoms with Gasteiger partial charge in [0.2, 0.25) is 0 Å². The van der Waals surface area contributed by atoms with Crippen LogP contribution >= 0.6 is 0 Å². The first-order valence-electron chi connectivity index (χ1n) is 6.90. The monoisotopic (exact) mass is 275 g/mol. The average molecular weight is 275 g/mol. The lowest BCUT2D eigenvalue weighted by Crippen LogP contribution is -2.22. The van der Waals surface area contributed by atoms with Crippen molar-refractivity contribution >= 4 is 0 Å². The van der Waals surface area contributed by atoms with E-state index in [1.165, 1.54) is 17.7 Å². The van der Waals surface area contributed by atoms with Crippen LogP contribution in [0.3, 0.4) is 0 Å². The molecule has 2 aromatic carbocycles. The number of nitrogens with one attached hydrogen (secondary N) is 1. The van der Waals surface area contributed by atoms with Crippen molar-refractivity contribution in [3.8, 4) is 0 Å². The largest absolute Gasteiger partial charge is 0.316 e. The molecular weight excluding hydrogens is 256 g/mol. The minimum Gasteiger partial charge on any atom is -0.316 e. The zero-order valence-electron chi connectivity index (χ0n) is 11.6. The number of hydrogen-bond donors (Lipinski definition) is 1. The maximum atomic E-state index is 13.3. The van der Waals surface area contributed by atoms with Crippen molar-refractivity contribution < 1.29 is 8.78 Å². The van der Waals surface area contributed by atoms with E-state index in [0.717, 1.165) is 18.7 Å². The molecular formula is C17H19F2N. The van der Waals surface area contributed by atoms with Crippen molar-refractivity contribution in [2.45, 2.75) is 19.3 Å². The van der Waals surface area contributed by atoms with Crippen LogP contribution in [-0.2, 0) is 6.42 Å². The van der Waals surface area contributed by atoms with Crippen LogP contribution in [0.4, 0.5) is 8.78 Å². The van der Waals surface area contributed by atoms with Crippen LogP contribution in [0.2, 0.25) is 0 Å². The van der Waals surface area contributed by atoms with E-state index in [4.69, 9.17) is 0 Å². The zero-order chi connectivity index (χ0) is 14.4. The SMILES string of the molecule is CCNCC(Cc1ccc(F)c(F)c1)c1ccccc1. The molecule has 20 heavy (non-hydrogen) atoms. The van der Waals surface area contributed by atoms with Gasteiger partial charge in [-0.1, -0.05) is 43.3 Å². The Morgan fingerprint density at radius 3 is 2.40 bits per heavy atom. The molecule has 0 amide bonds. The molecule has 0 aromatic heterocycles. The minimum atomic E-state index is -0.795. The summed E-state index contributed by atoms with van der Waals surface area (Å²) in [6, 6.07) is 14.3. The first-order valence-corrected chi connectivity index (χ1v) is 6.90. The van der Waals surface area contributed by atoms with Gasteiger partial charge in [-0.3, -0.25) is 0 Å². The van der Waals surface area contributed by atoms with Gasteiger partial charge in [0.05, 0.1) is 0 Å². The number of rotatable bonds is 6. The number of likely N-dealkylation sites (N-methyl/N-ethyl adjacent to an activating group) is 1. The second-order valence-corrected chi connectivity index (χ2v) is 4.87. The maximum absolute atomic E-state index is 13.3. The first-order chi connectivity index (χ1) is 9.70. The van der Waals surface area contributed by atoms with E-state index in [1.54, 1.807) is 6.07 Å². The van der Waals surface area contributed by atoms with E-state index < -0.39 is 11.6 Å². The second kappa shape index (κ2) is 7.15. The zero-order valence-corrected chi connectivity index (χ0v) is 11.6. The minimum absolute atomic E-state index is 0.251. The molecule has 2 aromatic rings. The smallest absolute Gasteiger partial charge is 0.159 e. The molecule has 0 radical (unpaired) electrons. The van der Waals surface area contributed by atoms with Crippen LogP contribution in [-0.4, -0.2) is 13.1 Å². The highest BCUT2D eigenvalue weighted by atomic mass is 19.2. The van der Waals surface area contributed by atoms with Gasteiger partial charge in [-0.25, -0.2) is 8.78 Å². The molecule has 0 heterocycles. The topological polar surface area (TPSA) is 12.0 Å². The van der Waals surface area contributed by atoms with E-state index in [-0.39, 0.29) is 5.92 Å². The van der Waals surface area contributed by atoms with E-state index in [9.17, 15) is 8.78 Å². The Morgan fingerprint density at radius 1 is 1.00 bits per heavy atom. The fourth-order valence-electron chi connectivity index (χ4n) is 2.30. The lowest BCUT2D eigenvalue weighted by molar-refractivity contribution is 0.505. The third kappa shape index (κ3) is 3.87. The molecule has 0 aliphatic heterocycles. The normalized spacial score (nSPS) is 12.3. The molecule has 0 fully saturated rings. The predicted octanol–water partition coefficient (Wildman–Crippen LogP) is 3.90. The molecule has 0 spiro atoms. The van der Waals surface area contributed by atoms with Crippen LogP contribution in [0.15, 0.2) is 48.5 Å². The first kappa shape index (κ1) is 14.7. The Kier molecular flexibility index (Phi) is 5.24. The van der Waals surface area contributed by atoms with Crippen LogP contribution in [0, 0.1) is 11.6 Å². The fourth-order valence-corrected chi connectivity index (χ4v) is 2.30. The van der Waals surface area contributed by atoms with Crippen LogP contribution in [0.5, 0.6) is 0 Å². The summed E-state index contributed by atoms with van der Waals surface area (Å²) in [4.78, 5) is 0. The van der Waals surface area contributed by atoms with Crippen molar-refractivity contribution in [3.63, 3.8) is 0 Å². The van der Waals surface area contributed by atoms with Gasteiger partial charge < -0.3 is 5.32 Å². The standard InChI is InChI=1S/C17H19F2N/c1-2-20-12-15(14-6-4-3-5-7-14)10-13-8-9-16(18)17(19)11-13/h3-9,11,15,20H,2,10,12H2,1H3. The van der Waals surface area contributed by atoms with Crippen molar-refractivity contribution in [2.24, 2.45) is 0 Å². The van der Waals surface area contributed by atoms with Gasteiger partial charge in [-0.2, -0.15) is 0 Å². The Hall–Kier alpha value is -1.74. The summed E-state index contributed by atoms with van der Waals surface area (Å²) in [6.45, 7) is 3.76. The molecule has 0 saturated carbocycles. The summed E-state index contributed by atoms with van der Waals surface area (Å²) in [5.41, 5.74) is 2.02.